The van der Waals surface area contributed by atoms with Gasteiger partial charge in [-0.2, -0.15) is 4.31 Å². The van der Waals surface area contributed by atoms with E-state index in [0.717, 1.165) is 19.3 Å². The highest BCUT2D eigenvalue weighted by Crippen LogP contribution is 2.47. The summed E-state index contributed by atoms with van der Waals surface area (Å²) in [5.41, 5.74) is 0.120. The number of esters is 1. The number of anilines is 1. The predicted molar refractivity (Wildman–Crippen MR) is 124 cm³/mol. The number of hydrogen-bond acceptors (Lipinski definition) is 7. The van der Waals surface area contributed by atoms with Crippen LogP contribution in [0.15, 0.2) is 23.1 Å². The number of nitrogens with one attached hydrogen (secondary N) is 1. The van der Waals surface area contributed by atoms with Crippen molar-refractivity contribution in [2.45, 2.75) is 54.8 Å². The molecule has 1 aromatic carbocycles. The first-order chi connectivity index (χ1) is 15.6. The summed E-state index contributed by atoms with van der Waals surface area (Å²) in [6.45, 7) is 2.27. The van der Waals surface area contributed by atoms with Gasteiger partial charge in [-0.1, -0.05) is 18.0 Å². The van der Waals surface area contributed by atoms with E-state index >= 15 is 0 Å². The first-order valence-corrected chi connectivity index (χ1v) is 13.6. The Morgan fingerprint density at radius 1 is 1.27 bits per heavy atom. The van der Waals surface area contributed by atoms with Gasteiger partial charge < -0.3 is 15.0 Å². The number of rotatable bonds is 6. The van der Waals surface area contributed by atoms with Crippen LogP contribution in [0.2, 0.25) is 5.02 Å². The quantitative estimate of drug-likeness (QED) is 0.579. The molecule has 3 heterocycles. The van der Waals surface area contributed by atoms with E-state index in [2.05, 4.69) is 5.32 Å². The zero-order chi connectivity index (χ0) is 23.8. The van der Waals surface area contributed by atoms with Crippen molar-refractivity contribution in [3.8, 4) is 0 Å². The van der Waals surface area contributed by atoms with Gasteiger partial charge in [-0.3, -0.25) is 9.59 Å². The average molecular weight is 516 g/mol. The molecule has 2 atom stereocenters. The van der Waals surface area contributed by atoms with Gasteiger partial charge in [0.1, 0.15) is 6.04 Å². The van der Waals surface area contributed by atoms with Crippen LogP contribution in [-0.2, 0) is 29.1 Å². The molecule has 0 spiro atoms. The van der Waals surface area contributed by atoms with Gasteiger partial charge in [0, 0.05) is 25.3 Å². The Labute approximate surface area is 202 Å². The minimum atomic E-state index is -3.70. The maximum Gasteiger partial charge on any atom is 0.330 e. The number of thioether (sulfide) groups is 1. The molecule has 0 radical (unpaired) electrons. The van der Waals surface area contributed by atoms with Gasteiger partial charge in [0.05, 0.1) is 20.5 Å². The van der Waals surface area contributed by atoms with Gasteiger partial charge in [0.2, 0.25) is 15.9 Å². The third-order valence-corrected chi connectivity index (χ3v) is 9.96. The minimum absolute atomic E-state index is 0.0379. The van der Waals surface area contributed by atoms with Crippen molar-refractivity contribution in [1.29, 1.82) is 0 Å². The number of halogens is 1. The summed E-state index contributed by atoms with van der Waals surface area (Å²) in [6.07, 6.45) is 3.68. The van der Waals surface area contributed by atoms with Crippen LogP contribution in [0.5, 0.6) is 0 Å². The molecule has 0 aromatic heterocycles. The SMILES string of the molecule is C[C@]12CCC(=O)N1[C@@H](C(=O)OCC(=O)Nc1cc(S(=O)(=O)N3CCCCC3)ccc1Cl)CS2. The van der Waals surface area contributed by atoms with E-state index in [9.17, 15) is 22.8 Å². The number of carbonyl (C=O) groups is 3. The highest BCUT2D eigenvalue weighted by molar-refractivity contribution is 8.01. The molecule has 3 aliphatic heterocycles. The van der Waals surface area contributed by atoms with Crippen LogP contribution in [0.1, 0.15) is 39.0 Å². The number of nitrogens with zero attached hydrogens (tertiary/aromatic N) is 2. The average Bonchev–Trinajstić information content (AvgIpc) is 3.29. The second-order valence-electron chi connectivity index (χ2n) is 8.53. The lowest BCUT2D eigenvalue weighted by Crippen LogP contribution is -2.47. The molecule has 0 aliphatic carbocycles. The fourth-order valence-corrected chi connectivity index (χ4v) is 7.55. The van der Waals surface area contributed by atoms with E-state index in [1.807, 2.05) is 6.92 Å². The van der Waals surface area contributed by atoms with E-state index < -0.39 is 39.4 Å². The van der Waals surface area contributed by atoms with Gasteiger partial charge >= 0.3 is 5.97 Å². The normalized spacial score (nSPS) is 25.7. The molecule has 0 unspecified atom stereocenters. The molecule has 2 amide bonds. The van der Waals surface area contributed by atoms with Crippen LogP contribution < -0.4 is 5.32 Å². The summed E-state index contributed by atoms with van der Waals surface area (Å²) >= 11 is 7.69. The zero-order valence-corrected chi connectivity index (χ0v) is 20.6. The first-order valence-electron chi connectivity index (χ1n) is 10.8. The number of sulfonamides is 1. The summed E-state index contributed by atoms with van der Waals surface area (Å²) in [6, 6.07) is 3.41. The predicted octanol–water partition coefficient (Wildman–Crippen LogP) is 2.45. The van der Waals surface area contributed by atoms with Gasteiger partial charge in [-0.05, 0) is 44.4 Å². The molecule has 0 saturated carbocycles. The Bertz CT molecular complexity index is 1080. The maximum atomic E-state index is 12.9. The lowest BCUT2D eigenvalue weighted by molar-refractivity contribution is -0.155. The Balaban J connectivity index is 1.38. The molecule has 0 bridgehead atoms. The van der Waals surface area contributed by atoms with Crippen molar-refractivity contribution >= 4 is 56.9 Å². The molecule has 9 nitrogen and oxygen atoms in total. The van der Waals surface area contributed by atoms with E-state index in [1.54, 1.807) is 4.90 Å². The van der Waals surface area contributed by atoms with Gasteiger partial charge in [0.15, 0.2) is 6.61 Å². The van der Waals surface area contributed by atoms with Crippen LogP contribution in [0.3, 0.4) is 0 Å². The van der Waals surface area contributed by atoms with Crippen LogP contribution in [0.4, 0.5) is 5.69 Å². The molecule has 3 fully saturated rings. The molecule has 180 valence electrons. The molecule has 4 rings (SSSR count). The molecule has 3 aliphatic rings. The number of fused-ring (bicyclic) bond motifs is 1. The number of carbonyl (C=O) groups excluding carboxylic acids is 3. The summed E-state index contributed by atoms with van der Waals surface area (Å²) < 4.78 is 32.4. The fraction of sp³-hybridized carbons (Fsp3) is 0.571. The van der Waals surface area contributed by atoms with E-state index in [0.29, 0.717) is 31.7 Å². The summed E-state index contributed by atoms with van der Waals surface area (Å²) in [4.78, 5) is 38.3. The topological polar surface area (TPSA) is 113 Å². The number of piperidine rings is 1. The number of ether oxygens (including phenoxy) is 1. The number of hydrogen-bond donors (Lipinski definition) is 1. The largest absolute Gasteiger partial charge is 0.454 e. The second kappa shape index (κ2) is 9.44. The standard InChI is InChI=1S/C21H26ClN3O6S2/c1-21-8-7-19(27)25(21)17(13-32-21)20(28)31-12-18(26)23-16-11-14(5-6-15(16)22)33(29,30)24-9-3-2-4-10-24/h5-6,11,17H,2-4,7-10,12-13H2,1H3,(H,23,26)/t17-,21+/m1/s1. The van der Waals surface area contributed by atoms with E-state index in [1.165, 1.54) is 34.3 Å². The molecule has 1 N–H and O–H groups in total. The summed E-state index contributed by atoms with van der Waals surface area (Å²) in [5, 5.41) is 2.68. The van der Waals surface area contributed by atoms with Crippen LogP contribution in [0, 0.1) is 0 Å². The van der Waals surface area contributed by atoms with Crippen LogP contribution in [-0.4, -0.2) is 71.8 Å². The molecule has 1 aromatic rings. The summed E-state index contributed by atoms with van der Waals surface area (Å²) in [7, 11) is -3.70. The Hall–Kier alpha value is -1.82. The van der Waals surface area contributed by atoms with Crippen molar-refractivity contribution in [1.82, 2.24) is 9.21 Å². The van der Waals surface area contributed by atoms with E-state index in [4.69, 9.17) is 16.3 Å². The first kappa shape index (κ1) is 24.3. The molecular weight excluding hydrogens is 490 g/mol. The Kier molecular flexibility index (Phi) is 6.95. The zero-order valence-electron chi connectivity index (χ0n) is 18.2. The van der Waals surface area contributed by atoms with Crippen molar-refractivity contribution in [3.63, 3.8) is 0 Å². The van der Waals surface area contributed by atoms with Gasteiger partial charge in [0.25, 0.3) is 5.91 Å². The highest BCUT2D eigenvalue weighted by atomic mass is 35.5. The minimum Gasteiger partial charge on any atom is -0.454 e. The lowest BCUT2D eigenvalue weighted by atomic mass is 10.2. The van der Waals surface area contributed by atoms with Gasteiger partial charge in [-0.15, -0.1) is 11.8 Å². The Morgan fingerprint density at radius 2 is 2.00 bits per heavy atom. The van der Waals surface area contributed by atoms with Crippen molar-refractivity contribution in [3.05, 3.63) is 23.2 Å². The van der Waals surface area contributed by atoms with Crippen molar-refractivity contribution < 1.29 is 27.5 Å². The van der Waals surface area contributed by atoms with Gasteiger partial charge in [-0.25, -0.2) is 13.2 Å². The van der Waals surface area contributed by atoms with Crippen LogP contribution >= 0.6 is 23.4 Å². The monoisotopic (exact) mass is 515 g/mol. The maximum absolute atomic E-state index is 12.9. The Morgan fingerprint density at radius 3 is 2.73 bits per heavy atom. The molecular formula is C21H26ClN3O6S2. The second-order valence-corrected chi connectivity index (χ2v) is 12.4. The van der Waals surface area contributed by atoms with E-state index in [-0.39, 0.29) is 21.5 Å². The lowest BCUT2D eigenvalue weighted by Gasteiger charge is -2.29. The third-order valence-electron chi connectivity index (χ3n) is 6.23. The molecule has 12 heteroatoms. The van der Waals surface area contributed by atoms with Crippen molar-refractivity contribution in [2.24, 2.45) is 0 Å². The number of benzene rings is 1. The molecule has 33 heavy (non-hydrogen) atoms. The summed E-state index contributed by atoms with van der Waals surface area (Å²) in [5.74, 6) is -0.958. The molecule has 3 saturated heterocycles. The highest BCUT2D eigenvalue weighted by Gasteiger charge is 2.53. The number of amides is 2. The fourth-order valence-electron chi connectivity index (χ4n) is 4.43. The van der Waals surface area contributed by atoms with Crippen molar-refractivity contribution in [2.75, 3.05) is 30.8 Å². The smallest absolute Gasteiger partial charge is 0.330 e. The third kappa shape index (κ3) is 4.87. The van der Waals surface area contributed by atoms with Crippen LogP contribution in [0.25, 0.3) is 0 Å².